The minimum absolute atomic E-state index is 0.534. The van der Waals surface area contributed by atoms with Gasteiger partial charge in [0.2, 0.25) is 5.79 Å². The average Bonchev–Trinajstić information content (AvgIpc) is 2.44. The predicted molar refractivity (Wildman–Crippen MR) is 90.6 cm³/mol. The van der Waals surface area contributed by atoms with E-state index in [9.17, 15) is 0 Å². The van der Waals surface area contributed by atoms with Crippen molar-refractivity contribution in [1.82, 2.24) is 0 Å². The van der Waals surface area contributed by atoms with Gasteiger partial charge in [0.15, 0.2) is 0 Å². The molecule has 118 valence electrons. The fourth-order valence-corrected chi connectivity index (χ4v) is 2.30. The Kier molecular flexibility index (Phi) is 7.52. The van der Waals surface area contributed by atoms with Crippen molar-refractivity contribution in [2.75, 3.05) is 6.61 Å². The maximum absolute atomic E-state index is 6.11. The van der Waals surface area contributed by atoms with E-state index in [4.69, 9.17) is 9.47 Å². The van der Waals surface area contributed by atoms with E-state index >= 15 is 0 Å². The zero-order valence-electron chi connectivity index (χ0n) is 14.1. The fraction of sp³-hybridized carbons (Fsp3) is 0.579. The Morgan fingerprint density at radius 3 is 2.29 bits per heavy atom. The third-order valence-corrected chi connectivity index (χ3v) is 3.54. The minimum Gasteiger partial charge on any atom is -0.463 e. The first-order valence-electron chi connectivity index (χ1n) is 8.09. The molecule has 0 aromatic heterocycles. The van der Waals surface area contributed by atoms with Gasteiger partial charge in [-0.25, -0.2) is 0 Å². The first-order chi connectivity index (χ1) is 10.0. The summed E-state index contributed by atoms with van der Waals surface area (Å²) < 4.78 is 12.1. The third kappa shape index (κ3) is 6.34. The van der Waals surface area contributed by atoms with Gasteiger partial charge < -0.3 is 9.47 Å². The second kappa shape index (κ2) is 8.89. The zero-order valence-corrected chi connectivity index (χ0v) is 14.1. The summed E-state index contributed by atoms with van der Waals surface area (Å²) in [7, 11) is 0. The van der Waals surface area contributed by atoms with Crippen molar-refractivity contribution in [1.29, 1.82) is 0 Å². The maximum Gasteiger partial charge on any atom is 0.207 e. The minimum atomic E-state index is -0.534. The van der Waals surface area contributed by atoms with Gasteiger partial charge in [0, 0.05) is 13.3 Å². The Morgan fingerprint density at radius 1 is 1.10 bits per heavy atom. The first kappa shape index (κ1) is 17.8. The number of benzene rings is 1. The van der Waals surface area contributed by atoms with Gasteiger partial charge in [-0.15, -0.1) is 0 Å². The molecule has 0 radical (unpaired) electrons. The molecule has 1 aromatic carbocycles. The Morgan fingerprint density at radius 2 is 1.76 bits per heavy atom. The Bertz CT molecular complexity index is 422. The molecule has 1 unspecified atom stereocenters. The van der Waals surface area contributed by atoms with Crippen molar-refractivity contribution < 1.29 is 9.47 Å². The SMILES string of the molecule is C=C(C)c1ccc(OC(C)(CCC)OCCCCC)cc1. The van der Waals surface area contributed by atoms with Gasteiger partial charge in [-0.05, 0) is 37.5 Å². The van der Waals surface area contributed by atoms with Crippen LogP contribution in [0.5, 0.6) is 5.75 Å². The lowest BCUT2D eigenvalue weighted by atomic mass is 10.1. The van der Waals surface area contributed by atoms with Gasteiger partial charge in [0.25, 0.3) is 0 Å². The van der Waals surface area contributed by atoms with Crippen molar-refractivity contribution in [2.24, 2.45) is 0 Å². The second-order valence-corrected chi connectivity index (χ2v) is 5.85. The summed E-state index contributed by atoms with van der Waals surface area (Å²) in [6.45, 7) is 13.1. The lowest BCUT2D eigenvalue weighted by molar-refractivity contribution is -0.175. The number of allylic oxidation sites excluding steroid dienone is 1. The van der Waals surface area contributed by atoms with Gasteiger partial charge in [-0.3, -0.25) is 0 Å². The number of rotatable bonds is 10. The van der Waals surface area contributed by atoms with Crippen LogP contribution in [0.1, 0.15) is 65.4 Å². The van der Waals surface area contributed by atoms with Crippen LogP contribution in [-0.2, 0) is 4.74 Å². The predicted octanol–water partition coefficient (Wildman–Crippen LogP) is 5.82. The molecule has 0 aliphatic carbocycles. The summed E-state index contributed by atoms with van der Waals surface area (Å²) in [5.41, 5.74) is 2.21. The molecule has 0 heterocycles. The van der Waals surface area contributed by atoms with Gasteiger partial charge in [0.05, 0.1) is 6.61 Å². The van der Waals surface area contributed by atoms with E-state index in [1.54, 1.807) is 0 Å². The van der Waals surface area contributed by atoms with Crippen LogP contribution >= 0.6 is 0 Å². The van der Waals surface area contributed by atoms with Crippen molar-refractivity contribution in [3.63, 3.8) is 0 Å². The first-order valence-corrected chi connectivity index (χ1v) is 8.09. The summed E-state index contributed by atoms with van der Waals surface area (Å²) in [6, 6.07) is 8.07. The van der Waals surface area contributed by atoms with Crippen LogP contribution in [0, 0.1) is 0 Å². The molecule has 0 saturated carbocycles. The quantitative estimate of drug-likeness (QED) is 0.399. The monoisotopic (exact) mass is 290 g/mol. The molecule has 0 aliphatic heterocycles. The Balaban J connectivity index is 2.65. The lowest BCUT2D eigenvalue weighted by Gasteiger charge is -2.30. The molecule has 0 bridgehead atoms. The summed E-state index contributed by atoms with van der Waals surface area (Å²) in [6.07, 6.45) is 5.43. The van der Waals surface area contributed by atoms with Crippen molar-refractivity contribution in [3.05, 3.63) is 36.4 Å². The van der Waals surface area contributed by atoms with E-state index < -0.39 is 5.79 Å². The van der Waals surface area contributed by atoms with Crippen molar-refractivity contribution in [2.45, 2.75) is 65.6 Å². The maximum atomic E-state index is 6.11. The van der Waals surface area contributed by atoms with Crippen LogP contribution in [0.25, 0.3) is 5.57 Å². The highest BCUT2D eigenvalue weighted by molar-refractivity contribution is 5.61. The summed E-state index contributed by atoms with van der Waals surface area (Å²) in [5.74, 6) is 0.319. The normalized spacial score (nSPS) is 13.7. The highest BCUT2D eigenvalue weighted by atomic mass is 16.7. The molecule has 0 spiro atoms. The van der Waals surface area contributed by atoms with Crippen LogP contribution in [0.2, 0.25) is 0 Å². The van der Waals surface area contributed by atoms with Gasteiger partial charge in [-0.2, -0.15) is 0 Å². The van der Waals surface area contributed by atoms with Crippen LogP contribution in [0.4, 0.5) is 0 Å². The van der Waals surface area contributed by atoms with Crippen LogP contribution < -0.4 is 4.74 Å². The van der Waals surface area contributed by atoms with Gasteiger partial charge >= 0.3 is 0 Å². The molecule has 0 saturated heterocycles. The molecular weight excluding hydrogens is 260 g/mol. The Hall–Kier alpha value is -1.28. The fourth-order valence-electron chi connectivity index (χ4n) is 2.30. The van der Waals surface area contributed by atoms with E-state index in [1.807, 2.05) is 38.1 Å². The van der Waals surface area contributed by atoms with Crippen LogP contribution in [0.3, 0.4) is 0 Å². The lowest BCUT2D eigenvalue weighted by Crippen LogP contribution is -2.36. The molecule has 1 rings (SSSR count). The number of hydrogen-bond acceptors (Lipinski definition) is 2. The molecule has 1 aromatic rings. The van der Waals surface area contributed by atoms with Gasteiger partial charge in [-0.1, -0.05) is 51.0 Å². The highest BCUT2D eigenvalue weighted by Gasteiger charge is 2.26. The van der Waals surface area contributed by atoms with Gasteiger partial charge in [0.1, 0.15) is 5.75 Å². The van der Waals surface area contributed by atoms with Crippen LogP contribution in [-0.4, -0.2) is 12.4 Å². The second-order valence-electron chi connectivity index (χ2n) is 5.85. The largest absolute Gasteiger partial charge is 0.463 e. The highest BCUT2D eigenvalue weighted by Crippen LogP contribution is 2.25. The summed E-state index contributed by atoms with van der Waals surface area (Å²) >= 11 is 0. The zero-order chi connectivity index (χ0) is 15.7. The molecule has 21 heavy (non-hydrogen) atoms. The van der Waals surface area contributed by atoms with E-state index in [2.05, 4.69) is 20.4 Å². The van der Waals surface area contributed by atoms with E-state index in [0.29, 0.717) is 0 Å². The van der Waals surface area contributed by atoms with E-state index in [0.717, 1.165) is 42.8 Å². The molecule has 0 amide bonds. The molecule has 0 N–H and O–H groups in total. The van der Waals surface area contributed by atoms with E-state index in [1.165, 1.54) is 12.8 Å². The standard InChI is InChI=1S/C19H30O2/c1-6-8-9-15-20-19(5,14-7-2)21-18-12-10-17(11-13-18)16(3)4/h10-13H,3,6-9,14-15H2,1-2,4-5H3. The molecule has 2 heteroatoms. The molecule has 0 fully saturated rings. The Labute approximate surface area is 130 Å². The third-order valence-electron chi connectivity index (χ3n) is 3.54. The van der Waals surface area contributed by atoms with Crippen molar-refractivity contribution in [3.8, 4) is 5.75 Å². The van der Waals surface area contributed by atoms with Crippen molar-refractivity contribution >= 4 is 5.57 Å². The summed E-state index contributed by atoms with van der Waals surface area (Å²) in [5, 5.41) is 0. The van der Waals surface area contributed by atoms with E-state index in [-0.39, 0.29) is 0 Å². The average molecular weight is 290 g/mol. The topological polar surface area (TPSA) is 18.5 Å². The van der Waals surface area contributed by atoms with Crippen LogP contribution in [0.15, 0.2) is 30.8 Å². The molecule has 2 nitrogen and oxygen atoms in total. The molecule has 1 atom stereocenters. The molecular formula is C19H30O2. The number of hydrogen-bond donors (Lipinski definition) is 0. The number of unbranched alkanes of at least 4 members (excludes halogenated alkanes) is 2. The smallest absolute Gasteiger partial charge is 0.207 e. The molecule has 0 aliphatic rings. The summed E-state index contributed by atoms with van der Waals surface area (Å²) in [4.78, 5) is 0. The number of ether oxygens (including phenoxy) is 2.